The molecule has 1 fully saturated rings. The van der Waals surface area contributed by atoms with Gasteiger partial charge in [0.25, 0.3) is 0 Å². The third-order valence-electron chi connectivity index (χ3n) is 3.78. The van der Waals surface area contributed by atoms with Crippen LogP contribution < -0.4 is 10.2 Å². The number of hydrogen-bond donors (Lipinski definition) is 3. The fourth-order valence-corrected chi connectivity index (χ4v) is 2.68. The van der Waals surface area contributed by atoms with E-state index < -0.39 is 0 Å². The number of aromatic amines is 1. The zero-order chi connectivity index (χ0) is 15.1. The first kappa shape index (κ1) is 13.1. The maximum atomic E-state index is 9.71. The molecule has 4 rings (SSSR count). The Balaban J connectivity index is 1.73. The third-order valence-corrected chi connectivity index (χ3v) is 3.78. The average Bonchev–Trinajstić information content (AvgIpc) is 3.20. The molecule has 3 aromatic heterocycles. The van der Waals surface area contributed by atoms with Crippen LogP contribution in [-0.4, -0.2) is 49.1 Å². The molecule has 22 heavy (non-hydrogen) atoms. The molecule has 3 N–H and O–H groups in total. The summed E-state index contributed by atoms with van der Waals surface area (Å²) in [6.07, 6.45) is 2.32. The van der Waals surface area contributed by atoms with Crippen molar-refractivity contribution >= 4 is 23.1 Å². The van der Waals surface area contributed by atoms with E-state index in [1.165, 1.54) is 0 Å². The highest BCUT2D eigenvalue weighted by molar-refractivity contribution is 5.73. The second-order valence-corrected chi connectivity index (χ2v) is 5.55. The molecule has 4 heterocycles. The minimum atomic E-state index is -0.311. The summed E-state index contributed by atoms with van der Waals surface area (Å²) in [4.78, 5) is 6.60. The van der Waals surface area contributed by atoms with Crippen LogP contribution in [0.3, 0.4) is 0 Å². The van der Waals surface area contributed by atoms with Gasteiger partial charge in [-0.2, -0.15) is 10.1 Å². The van der Waals surface area contributed by atoms with Crippen molar-refractivity contribution in [3.05, 3.63) is 30.1 Å². The molecule has 0 radical (unpaired) electrons. The van der Waals surface area contributed by atoms with Gasteiger partial charge in [0.2, 0.25) is 5.95 Å². The molecule has 0 aromatic carbocycles. The van der Waals surface area contributed by atoms with Crippen molar-refractivity contribution in [3.8, 4) is 0 Å². The molecule has 1 atom stereocenters. The number of aryl methyl sites for hydroxylation is 1. The number of aromatic nitrogens is 5. The Morgan fingerprint density at radius 3 is 3.09 bits per heavy atom. The van der Waals surface area contributed by atoms with Crippen LogP contribution in [0.2, 0.25) is 0 Å². The van der Waals surface area contributed by atoms with Crippen LogP contribution in [0.15, 0.2) is 24.4 Å². The van der Waals surface area contributed by atoms with Crippen molar-refractivity contribution in [2.75, 3.05) is 23.3 Å². The van der Waals surface area contributed by atoms with E-state index in [-0.39, 0.29) is 6.10 Å². The number of hydrogen-bond acceptors (Lipinski definition) is 6. The lowest BCUT2D eigenvalue weighted by molar-refractivity contribution is 0.198. The molecule has 114 valence electrons. The van der Waals surface area contributed by atoms with Crippen molar-refractivity contribution in [2.45, 2.75) is 19.4 Å². The largest absolute Gasteiger partial charge is 0.391 e. The second-order valence-electron chi connectivity index (χ2n) is 5.55. The van der Waals surface area contributed by atoms with Gasteiger partial charge in [-0.1, -0.05) is 0 Å². The van der Waals surface area contributed by atoms with Gasteiger partial charge in [0.05, 0.1) is 6.10 Å². The van der Waals surface area contributed by atoms with E-state index in [0.29, 0.717) is 24.1 Å². The standard InChI is InChI=1S/C14H17N7O/c1-9-7-12(18-17-9)15-13-11-3-2-5-21(11)19-14(16-13)20-6-4-10(22)8-20/h2-3,5,7,10,22H,4,6,8H2,1H3,(H2,15,16,17,18,19)/t10-/m1/s1. The van der Waals surface area contributed by atoms with Crippen LogP contribution in [0.5, 0.6) is 0 Å². The molecular formula is C14H17N7O. The first-order valence-corrected chi connectivity index (χ1v) is 7.26. The quantitative estimate of drug-likeness (QED) is 0.670. The molecule has 8 nitrogen and oxygen atoms in total. The molecule has 0 aliphatic carbocycles. The highest BCUT2D eigenvalue weighted by atomic mass is 16.3. The number of aliphatic hydroxyl groups is 1. The number of nitrogens with zero attached hydrogens (tertiary/aromatic N) is 5. The molecule has 0 amide bonds. The summed E-state index contributed by atoms with van der Waals surface area (Å²) in [6.45, 7) is 3.27. The Labute approximate surface area is 126 Å². The van der Waals surface area contributed by atoms with Crippen LogP contribution in [-0.2, 0) is 0 Å². The van der Waals surface area contributed by atoms with E-state index in [2.05, 4.69) is 25.6 Å². The number of nitrogens with one attached hydrogen (secondary N) is 2. The van der Waals surface area contributed by atoms with Gasteiger partial charge in [0.1, 0.15) is 5.52 Å². The molecule has 8 heteroatoms. The normalized spacial score (nSPS) is 18.3. The molecule has 0 bridgehead atoms. The second kappa shape index (κ2) is 4.99. The lowest BCUT2D eigenvalue weighted by Gasteiger charge is -2.16. The zero-order valence-corrected chi connectivity index (χ0v) is 12.2. The van der Waals surface area contributed by atoms with Crippen molar-refractivity contribution in [1.29, 1.82) is 0 Å². The van der Waals surface area contributed by atoms with Gasteiger partial charge in [-0.15, -0.1) is 5.10 Å². The predicted octanol–water partition coefficient (Wildman–Crippen LogP) is 1.08. The molecule has 1 aliphatic rings. The van der Waals surface area contributed by atoms with Crippen LogP contribution in [0, 0.1) is 6.92 Å². The van der Waals surface area contributed by atoms with E-state index in [1.54, 1.807) is 4.52 Å². The molecule has 1 saturated heterocycles. The van der Waals surface area contributed by atoms with Crippen LogP contribution in [0.1, 0.15) is 12.1 Å². The topological polar surface area (TPSA) is 94.4 Å². The first-order chi connectivity index (χ1) is 10.7. The minimum Gasteiger partial charge on any atom is -0.391 e. The van der Waals surface area contributed by atoms with Gasteiger partial charge in [-0.3, -0.25) is 5.10 Å². The van der Waals surface area contributed by atoms with E-state index in [1.807, 2.05) is 36.2 Å². The summed E-state index contributed by atoms with van der Waals surface area (Å²) >= 11 is 0. The monoisotopic (exact) mass is 299 g/mol. The van der Waals surface area contributed by atoms with Crippen molar-refractivity contribution < 1.29 is 5.11 Å². The summed E-state index contributed by atoms with van der Waals surface area (Å²) in [7, 11) is 0. The van der Waals surface area contributed by atoms with Crippen molar-refractivity contribution in [1.82, 2.24) is 24.8 Å². The first-order valence-electron chi connectivity index (χ1n) is 7.26. The number of rotatable bonds is 3. The third kappa shape index (κ3) is 2.27. The van der Waals surface area contributed by atoms with Gasteiger partial charge < -0.3 is 15.3 Å². The Kier molecular flexibility index (Phi) is 2.97. The smallest absolute Gasteiger partial charge is 0.245 e. The Morgan fingerprint density at radius 2 is 2.36 bits per heavy atom. The summed E-state index contributed by atoms with van der Waals surface area (Å²) in [6, 6.07) is 5.79. The van der Waals surface area contributed by atoms with Gasteiger partial charge >= 0.3 is 0 Å². The molecule has 3 aromatic rings. The Bertz CT molecular complexity index is 808. The summed E-state index contributed by atoms with van der Waals surface area (Å²) in [5.41, 5.74) is 1.86. The van der Waals surface area contributed by atoms with Crippen LogP contribution in [0.4, 0.5) is 17.6 Å². The van der Waals surface area contributed by atoms with Crippen LogP contribution in [0.25, 0.3) is 5.52 Å². The van der Waals surface area contributed by atoms with E-state index >= 15 is 0 Å². The molecular weight excluding hydrogens is 282 g/mol. The molecule has 0 unspecified atom stereocenters. The number of fused-ring (bicyclic) bond motifs is 1. The summed E-state index contributed by atoms with van der Waals surface area (Å²) in [5.74, 6) is 2.02. The fourth-order valence-electron chi connectivity index (χ4n) is 2.68. The number of H-pyrrole nitrogens is 1. The minimum absolute atomic E-state index is 0.311. The lowest BCUT2D eigenvalue weighted by Crippen LogP contribution is -2.24. The Hall–Kier alpha value is -2.61. The van der Waals surface area contributed by atoms with Crippen molar-refractivity contribution in [3.63, 3.8) is 0 Å². The number of anilines is 3. The Morgan fingerprint density at radius 1 is 1.45 bits per heavy atom. The average molecular weight is 299 g/mol. The SMILES string of the molecule is Cc1cc(Nc2nc(N3CC[C@@H](O)C3)nn3cccc23)n[nH]1. The van der Waals surface area contributed by atoms with E-state index in [4.69, 9.17) is 0 Å². The van der Waals surface area contributed by atoms with Gasteiger partial charge in [-0.05, 0) is 25.5 Å². The lowest BCUT2D eigenvalue weighted by atomic mass is 10.3. The van der Waals surface area contributed by atoms with E-state index in [9.17, 15) is 5.11 Å². The van der Waals surface area contributed by atoms with Gasteiger partial charge in [0.15, 0.2) is 11.6 Å². The van der Waals surface area contributed by atoms with Crippen LogP contribution >= 0.6 is 0 Å². The predicted molar refractivity (Wildman–Crippen MR) is 82.4 cm³/mol. The highest BCUT2D eigenvalue weighted by Gasteiger charge is 2.23. The maximum absolute atomic E-state index is 9.71. The summed E-state index contributed by atoms with van der Waals surface area (Å²) in [5, 5.41) is 24.5. The molecule has 1 aliphatic heterocycles. The maximum Gasteiger partial charge on any atom is 0.245 e. The number of aliphatic hydroxyl groups excluding tert-OH is 1. The molecule has 0 saturated carbocycles. The summed E-state index contributed by atoms with van der Waals surface area (Å²) < 4.78 is 1.79. The number of β-amino-alcohol motifs (C(OH)–C–C–N with tert-alkyl or cyclic N) is 1. The van der Waals surface area contributed by atoms with Gasteiger partial charge in [0, 0.05) is 31.0 Å². The van der Waals surface area contributed by atoms with E-state index in [0.717, 1.165) is 24.2 Å². The van der Waals surface area contributed by atoms with Crippen molar-refractivity contribution in [2.24, 2.45) is 0 Å². The highest BCUT2D eigenvalue weighted by Crippen LogP contribution is 2.23. The molecule has 0 spiro atoms. The zero-order valence-electron chi connectivity index (χ0n) is 12.2. The van der Waals surface area contributed by atoms with Gasteiger partial charge in [-0.25, -0.2) is 4.52 Å². The fraction of sp³-hybridized carbons (Fsp3) is 0.357.